The Kier molecular flexibility index (Phi) is 42.0. The van der Waals surface area contributed by atoms with E-state index < -0.39 is 68.6 Å². The molecule has 0 aliphatic heterocycles. The molecule has 0 radical (unpaired) electrons. The molecule has 0 aromatic rings. The zero-order valence-electron chi connectivity index (χ0n) is 17.4. The number of rotatable bonds is 11. The van der Waals surface area contributed by atoms with Gasteiger partial charge in [0.1, 0.15) is 30.4 Å². The van der Waals surface area contributed by atoms with Crippen molar-refractivity contribution < 1.29 is 246 Å². The molecule has 0 aromatic heterocycles. The smallest absolute Gasteiger partial charge is 0.778 e. The Balaban J connectivity index is -0.000000176. The van der Waals surface area contributed by atoms with E-state index in [0.29, 0.717) is 9.80 Å². The topological polar surface area (TPSA) is 248 Å². The number of hydrogen-bond acceptors (Lipinski definition) is 10. The van der Waals surface area contributed by atoms with E-state index in [9.17, 15) is 37.8 Å². The van der Waals surface area contributed by atoms with E-state index in [4.69, 9.17) is 19.6 Å². The van der Waals surface area contributed by atoms with Crippen molar-refractivity contribution in [3.05, 3.63) is 0 Å². The first-order valence-corrected chi connectivity index (χ1v) is 13.0. The fourth-order valence-electron chi connectivity index (χ4n) is 1.67. The van der Waals surface area contributed by atoms with Crippen LogP contribution in [-0.2, 0) is 18.3 Å². The first kappa shape index (κ1) is 53.2. The van der Waals surface area contributed by atoms with Gasteiger partial charge >= 0.3 is 148 Å². The summed E-state index contributed by atoms with van der Waals surface area (Å²) in [7, 11) is -20.0. The van der Waals surface area contributed by atoms with Crippen LogP contribution in [0.4, 0.5) is 0 Å². The van der Waals surface area contributed by atoms with Crippen molar-refractivity contribution in [2.24, 2.45) is 0 Å². The van der Waals surface area contributed by atoms with Gasteiger partial charge in [-0.25, -0.2) is 0 Å². The second kappa shape index (κ2) is 23.7. The molecule has 152 valence electrons. The summed E-state index contributed by atoms with van der Waals surface area (Å²) in [5, 5.41) is 0. The molecular formula is C6H16N2Na5O12P4Sm+. The average molecular weight is 700 g/mol. The molecule has 0 spiro atoms. The summed E-state index contributed by atoms with van der Waals surface area (Å²) < 4.78 is 43.3. The van der Waals surface area contributed by atoms with E-state index in [1.165, 1.54) is 0 Å². The predicted octanol–water partition coefficient (Wildman–Crippen LogP) is -19.4. The minimum absolute atomic E-state index is 0. The number of nitrogens with zero attached hydrogens (tertiary/aromatic N) is 2. The van der Waals surface area contributed by atoms with Crippen molar-refractivity contribution in [1.29, 1.82) is 0 Å². The van der Waals surface area contributed by atoms with Gasteiger partial charge in [-0.05, 0) is 0 Å². The maximum Gasteiger partial charge on any atom is 1.00 e. The third-order valence-electron chi connectivity index (χ3n) is 2.25. The van der Waals surface area contributed by atoms with Gasteiger partial charge in [0, 0.05) is 53.5 Å². The normalized spacial score (nSPS) is 18.1. The quantitative estimate of drug-likeness (QED) is 0.116. The van der Waals surface area contributed by atoms with Gasteiger partial charge in [0.2, 0.25) is 0 Å². The van der Waals surface area contributed by atoms with Gasteiger partial charge in [0.15, 0.2) is 0 Å². The van der Waals surface area contributed by atoms with E-state index >= 15 is 0 Å². The Bertz CT molecular complexity index is 512. The van der Waals surface area contributed by atoms with Crippen molar-refractivity contribution in [2.75, 3.05) is 38.2 Å². The number of hydrogen-bond donors (Lipinski definition) is 4. The van der Waals surface area contributed by atoms with Crippen LogP contribution >= 0.6 is 30.4 Å². The van der Waals surface area contributed by atoms with Crippen molar-refractivity contribution in [2.45, 2.75) is 0 Å². The first-order chi connectivity index (χ1) is 10.4. The summed E-state index contributed by atoms with van der Waals surface area (Å²) in [6.07, 6.45) is -4.90. The van der Waals surface area contributed by atoms with E-state index in [-0.39, 0.29) is 188 Å². The van der Waals surface area contributed by atoms with E-state index in [2.05, 4.69) is 0 Å². The minimum Gasteiger partial charge on any atom is -0.778 e. The second-order valence-electron chi connectivity index (χ2n) is 4.90. The van der Waals surface area contributed by atoms with Crippen LogP contribution in [0.5, 0.6) is 0 Å². The van der Waals surface area contributed by atoms with Crippen LogP contribution < -0.4 is 167 Å². The van der Waals surface area contributed by atoms with Crippen LogP contribution in [0.15, 0.2) is 0 Å². The molecule has 0 fully saturated rings. The van der Waals surface area contributed by atoms with Gasteiger partial charge in [-0.3, -0.25) is 9.80 Å². The second-order valence-corrected chi connectivity index (χ2v) is 11.1. The van der Waals surface area contributed by atoms with Crippen LogP contribution in [0.25, 0.3) is 0 Å². The fourth-order valence-corrected chi connectivity index (χ4v) is 4.97. The van der Waals surface area contributed by atoms with E-state index in [1.807, 2.05) is 0 Å². The maximum absolute atomic E-state index is 10.8. The van der Waals surface area contributed by atoms with Gasteiger partial charge in [-0.2, -0.15) is 0 Å². The van der Waals surface area contributed by atoms with Crippen LogP contribution in [-0.4, -0.2) is 67.6 Å². The third-order valence-corrected chi connectivity index (χ3v) is 5.28. The molecule has 4 N–H and O–H groups in total. The fraction of sp³-hybridized carbons (Fsp3) is 1.00. The van der Waals surface area contributed by atoms with Gasteiger partial charge < -0.3 is 57.4 Å². The molecule has 4 atom stereocenters. The van der Waals surface area contributed by atoms with Crippen LogP contribution in [0, 0.1) is 40.4 Å². The molecule has 24 heteroatoms. The molecule has 0 heterocycles. The molecule has 30 heavy (non-hydrogen) atoms. The summed E-state index contributed by atoms with van der Waals surface area (Å²) in [4.78, 5) is 79.1. The summed E-state index contributed by atoms with van der Waals surface area (Å²) in [6, 6.07) is 0. The molecule has 0 aliphatic rings. The monoisotopic (exact) mass is 700 g/mol. The summed E-state index contributed by atoms with van der Waals surface area (Å²) >= 11 is 0. The first-order valence-electron chi connectivity index (χ1n) is 5.92. The van der Waals surface area contributed by atoms with Crippen LogP contribution in [0.3, 0.4) is 0 Å². The van der Waals surface area contributed by atoms with Gasteiger partial charge in [-0.1, -0.05) is 0 Å². The Hall–Kier alpha value is 6.86. The summed E-state index contributed by atoms with van der Waals surface area (Å²) in [5.74, 6) is 0. The molecule has 0 saturated carbocycles. The Morgan fingerprint density at radius 3 is 0.733 bits per heavy atom. The molecule has 0 amide bonds. The molecule has 0 saturated heterocycles. The van der Waals surface area contributed by atoms with Crippen molar-refractivity contribution in [1.82, 2.24) is 9.80 Å². The van der Waals surface area contributed by atoms with Crippen LogP contribution in [0.2, 0.25) is 0 Å². The Morgan fingerprint density at radius 2 is 0.633 bits per heavy atom. The molecule has 0 rings (SSSR count). The predicted molar refractivity (Wildman–Crippen MR) is 72.2 cm³/mol. The standard InChI is InChI=1S/C6H20N2O12P4.5Na.Sm/c9-21(10,11)3-7(4-22(12,13)14)1-2-8(5-23(15,16)17)6-24(18,19)20;;;;;;/h1-6H2,(H2,9,10,11)(H2,12,13,14)(H2,15,16,17)(H2,18,19,20);;;;;;/q;5*+1;/p-4/i;;;;;;1+3. The molecule has 0 bridgehead atoms. The molecular weight excluding hydrogens is 684 g/mol. The molecule has 14 nitrogen and oxygen atoms in total. The van der Waals surface area contributed by atoms with Crippen LogP contribution in [0.1, 0.15) is 0 Å². The van der Waals surface area contributed by atoms with Gasteiger partial charge in [-0.15, -0.1) is 0 Å². The largest absolute Gasteiger partial charge is 1.00 e. The summed E-state index contributed by atoms with van der Waals surface area (Å²) in [5.41, 5.74) is 0. The zero-order valence-corrected chi connectivity index (χ0v) is 33.6. The van der Waals surface area contributed by atoms with E-state index in [1.54, 1.807) is 0 Å². The molecule has 4 unspecified atom stereocenters. The van der Waals surface area contributed by atoms with E-state index in [0.717, 1.165) is 0 Å². The van der Waals surface area contributed by atoms with Crippen molar-refractivity contribution in [3.63, 3.8) is 0 Å². The Labute approximate surface area is 317 Å². The van der Waals surface area contributed by atoms with Crippen molar-refractivity contribution in [3.8, 4) is 0 Å². The van der Waals surface area contributed by atoms with Crippen molar-refractivity contribution >= 4 is 30.4 Å². The van der Waals surface area contributed by atoms with Gasteiger partial charge in [0.25, 0.3) is 0 Å². The maximum atomic E-state index is 10.8. The SMILES string of the molecule is O=P([O-])(O)CN(CCN(CP(=O)([O-])O)CP(=O)([O-])O)CP(=O)([O-])O.[153Sm].[Na+].[Na+].[Na+].[Na+].[Na+]. The third kappa shape index (κ3) is 39.4. The minimum atomic E-state index is -5.00. The zero-order chi connectivity index (χ0) is 19.4. The van der Waals surface area contributed by atoms with Gasteiger partial charge in [0.05, 0.1) is 25.1 Å². The Morgan fingerprint density at radius 1 is 0.500 bits per heavy atom. The molecule has 0 aliphatic carbocycles. The average Bonchev–Trinajstić information content (AvgIpc) is 2.16. The molecule has 0 aromatic carbocycles. The summed E-state index contributed by atoms with van der Waals surface area (Å²) in [6.45, 7) is -1.28.